The first-order valence-corrected chi connectivity index (χ1v) is 5.84. The molecule has 0 saturated heterocycles. The van der Waals surface area contributed by atoms with Gasteiger partial charge in [-0.05, 0) is 18.1 Å². The van der Waals surface area contributed by atoms with E-state index in [0.717, 1.165) is 6.07 Å². The van der Waals surface area contributed by atoms with E-state index in [1.54, 1.807) is 0 Å². The molecule has 0 radical (unpaired) electrons. The molecule has 0 saturated carbocycles. The van der Waals surface area contributed by atoms with Crippen molar-refractivity contribution < 1.29 is 14.3 Å². The Bertz CT molecular complexity index is 409. The molecule has 1 unspecified atom stereocenters. The fourth-order valence-electron chi connectivity index (χ4n) is 1.32. The van der Waals surface area contributed by atoms with Crippen LogP contribution < -0.4 is 5.32 Å². The highest BCUT2D eigenvalue weighted by Gasteiger charge is 2.18. The van der Waals surface area contributed by atoms with Crippen LogP contribution in [0.25, 0.3) is 0 Å². The van der Waals surface area contributed by atoms with Gasteiger partial charge in [-0.1, -0.05) is 13.8 Å². The third kappa shape index (κ3) is 3.60. The van der Waals surface area contributed by atoms with Crippen LogP contribution in [-0.4, -0.2) is 22.9 Å². The number of halogens is 2. The van der Waals surface area contributed by atoms with Crippen LogP contribution in [0, 0.1) is 11.7 Å². The number of alkyl halides is 1. The third-order valence-electron chi connectivity index (χ3n) is 2.48. The Morgan fingerprint density at radius 3 is 2.65 bits per heavy atom. The molecule has 0 bridgehead atoms. The van der Waals surface area contributed by atoms with E-state index < -0.39 is 11.7 Å². The Labute approximate surface area is 105 Å². The van der Waals surface area contributed by atoms with Crippen molar-refractivity contribution in [2.75, 3.05) is 5.88 Å². The summed E-state index contributed by atoms with van der Waals surface area (Å²) in [7, 11) is 0. The van der Waals surface area contributed by atoms with Crippen LogP contribution in [-0.2, 0) is 0 Å². The van der Waals surface area contributed by atoms with Crippen LogP contribution in [0.3, 0.4) is 0 Å². The van der Waals surface area contributed by atoms with E-state index in [-0.39, 0.29) is 29.2 Å². The second-order valence-corrected chi connectivity index (χ2v) is 4.45. The number of carbonyl (C=O) groups is 1. The maximum absolute atomic E-state index is 13.4. The molecule has 1 aromatic carbocycles. The normalized spacial score (nSPS) is 12.5. The van der Waals surface area contributed by atoms with Gasteiger partial charge in [-0.3, -0.25) is 4.79 Å². The maximum atomic E-state index is 13.4. The molecule has 17 heavy (non-hydrogen) atoms. The zero-order chi connectivity index (χ0) is 13.0. The van der Waals surface area contributed by atoms with Gasteiger partial charge in [0.15, 0.2) is 0 Å². The van der Waals surface area contributed by atoms with E-state index in [1.165, 1.54) is 12.1 Å². The Balaban J connectivity index is 2.82. The van der Waals surface area contributed by atoms with E-state index >= 15 is 0 Å². The summed E-state index contributed by atoms with van der Waals surface area (Å²) in [6, 6.07) is 3.20. The third-order valence-corrected chi connectivity index (χ3v) is 2.82. The molecule has 1 amide bonds. The molecule has 0 fully saturated rings. The molecule has 0 aliphatic rings. The number of hydrogen-bond acceptors (Lipinski definition) is 2. The maximum Gasteiger partial charge on any atom is 0.254 e. The molecule has 5 heteroatoms. The van der Waals surface area contributed by atoms with Crippen LogP contribution in [0.15, 0.2) is 18.2 Å². The highest BCUT2D eigenvalue weighted by molar-refractivity contribution is 6.18. The molecule has 94 valence electrons. The Morgan fingerprint density at radius 2 is 2.18 bits per heavy atom. The summed E-state index contributed by atoms with van der Waals surface area (Å²) in [5.74, 6) is -1.06. The number of aromatic hydroxyl groups is 1. The van der Waals surface area contributed by atoms with Crippen molar-refractivity contribution in [1.82, 2.24) is 5.32 Å². The number of rotatable bonds is 4. The van der Waals surface area contributed by atoms with Crippen molar-refractivity contribution in [3.63, 3.8) is 0 Å². The molecule has 0 spiro atoms. The molecule has 3 nitrogen and oxygen atoms in total. The summed E-state index contributed by atoms with van der Waals surface area (Å²) in [5.41, 5.74) is -0.0985. The average Bonchev–Trinajstić information content (AvgIpc) is 2.24. The molecule has 1 rings (SSSR count). The SMILES string of the molecule is CC(C)C(CCl)NC(=O)c1ccc(O)cc1F. The number of carbonyl (C=O) groups excluding carboxylic acids is 1. The van der Waals surface area contributed by atoms with E-state index in [0.29, 0.717) is 0 Å². The van der Waals surface area contributed by atoms with Gasteiger partial charge >= 0.3 is 0 Å². The summed E-state index contributed by atoms with van der Waals surface area (Å²) < 4.78 is 13.4. The van der Waals surface area contributed by atoms with Gasteiger partial charge in [-0.15, -0.1) is 11.6 Å². The zero-order valence-corrected chi connectivity index (χ0v) is 10.5. The number of nitrogens with one attached hydrogen (secondary N) is 1. The summed E-state index contributed by atoms with van der Waals surface area (Å²) >= 11 is 5.71. The lowest BCUT2D eigenvalue weighted by atomic mass is 10.1. The number of benzene rings is 1. The fraction of sp³-hybridized carbons (Fsp3) is 0.417. The van der Waals surface area contributed by atoms with Gasteiger partial charge in [-0.2, -0.15) is 0 Å². The van der Waals surface area contributed by atoms with Crippen LogP contribution in [0.2, 0.25) is 0 Å². The topological polar surface area (TPSA) is 49.3 Å². The molecule has 0 aromatic heterocycles. The standard InChI is InChI=1S/C12H15ClFNO2/c1-7(2)11(6-13)15-12(17)9-4-3-8(16)5-10(9)14/h3-5,7,11,16H,6H2,1-2H3,(H,15,17). The second kappa shape index (κ2) is 5.87. The molecular formula is C12H15ClFNO2. The van der Waals surface area contributed by atoms with Crippen molar-refractivity contribution >= 4 is 17.5 Å². The monoisotopic (exact) mass is 259 g/mol. The fourth-order valence-corrected chi connectivity index (χ4v) is 1.75. The minimum atomic E-state index is -0.750. The Kier molecular flexibility index (Phi) is 4.75. The van der Waals surface area contributed by atoms with Gasteiger partial charge < -0.3 is 10.4 Å². The highest BCUT2D eigenvalue weighted by atomic mass is 35.5. The van der Waals surface area contributed by atoms with Gasteiger partial charge in [0, 0.05) is 18.0 Å². The second-order valence-electron chi connectivity index (χ2n) is 4.14. The minimum absolute atomic E-state index is 0.0985. The lowest BCUT2D eigenvalue weighted by Crippen LogP contribution is -2.40. The summed E-state index contributed by atoms with van der Waals surface area (Å²) in [5, 5.41) is 11.7. The van der Waals surface area contributed by atoms with Crippen LogP contribution in [0.4, 0.5) is 4.39 Å². The van der Waals surface area contributed by atoms with Gasteiger partial charge in [0.05, 0.1) is 5.56 Å². The van der Waals surface area contributed by atoms with Crippen LogP contribution >= 0.6 is 11.6 Å². The van der Waals surface area contributed by atoms with Crippen molar-refractivity contribution in [2.24, 2.45) is 5.92 Å². The first-order chi connectivity index (χ1) is 7.95. The van der Waals surface area contributed by atoms with Gasteiger partial charge in [0.1, 0.15) is 11.6 Å². The lowest BCUT2D eigenvalue weighted by Gasteiger charge is -2.19. The molecule has 1 atom stereocenters. The lowest BCUT2D eigenvalue weighted by molar-refractivity contribution is 0.0927. The van der Waals surface area contributed by atoms with Crippen molar-refractivity contribution in [3.8, 4) is 5.75 Å². The highest BCUT2D eigenvalue weighted by Crippen LogP contribution is 2.15. The van der Waals surface area contributed by atoms with Crippen molar-refractivity contribution in [2.45, 2.75) is 19.9 Å². The first kappa shape index (κ1) is 13.8. The summed E-state index contributed by atoms with van der Waals surface area (Å²) in [6.45, 7) is 3.83. The molecular weight excluding hydrogens is 245 g/mol. The first-order valence-electron chi connectivity index (χ1n) is 5.31. The summed E-state index contributed by atoms with van der Waals surface area (Å²) in [6.07, 6.45) is 0. The summed E-state index contributed by atoms with van der Waals surface area (Å²) in [4.78, 5) is 11.8. The number of amides is 1. The van der Waals surface area contributed by atoms with Crippen molar-refractivity contribution in [3.05, 3.63) is 29.6 Å². The largest absolute Gasteiger partial charge is 0.508 e. The Morgan fingerprint density at radius 1 is 1.53 bits per heavy atom. The predicted molar refractivity (Wildman–Crippen MR) is 64.9 cm³/mol. The Hall–Kier alpha value is -1.29. The molecule has 0 heterocycles. The average molecular weight is 260 g/mol. The van der Waals surface area contributed by atoms with Gasteiger partial charge in [-0.25, -0.2) is 4.39 Å². The molecule has 1 aromatic rings. The molecule has 2 N–H and O–H groups in total. The van der Waals surface area contributed by atoms with Gasteiger partial charge in [0.2, 0.25) is 0 Å². The van der Waals surface area contributed by atoms with Crippen LogP contribution in [0.5, 0.6) is 5.75 Å². The zero-order valence-electron chi connectivity index (χ0n) is 9.71. The van der Waals surface area contributed by atoms with Crippen LogP contribution in [0.1, 0.15) is 24.2 Å². The number of hydrogen-bond donors (Lipinski definition) is 2. The molecule has 0 aliphatic carbocycles. The van der Waals surface area contributed by atoms with E-state index in [2.05, 4.69) is 5.32 Å². The number of phenols is 1. The smallest absolute Gasteiger partial charge is 0.254 e. The quantitative estimate of drug-likeness (QED) is 0.817. The van der Waals surface area contributed by atoms with E-state index in [4.69, 9.17) is 16.7 Å². The van der Waals surface area contributed by atoms with Crippen molar-refractivity contribution in [1.29, 1.82) is 0 Å². The number of phenolic OH excluding ortho intramolecular Hbond substituents is 1. The minimum Gasteiger partial charge on any atom is -0.508 e. The van der Waals surface area contributed by atoms with E-state index in [9.17, 15) is 9.18 Å². The molecule has 0 aliphatic heterocycles. The van der Waals surface area contributed by atoms with Gasteiger partial charge in [0.25, 0.3) is 5.91 Å². The van der Waals surface area contributed by atoms with E-state index in [1.807, 2.05) is 13.8 Å². The predicted octanol–water partition coefficient (Wildman–Crippen LogP) is 2.52.